The second-order valence-electron chi connectivity index (χ2n) is 4.99. The van der Waals surface area contributed by atoms with E-state index in [9.17, 15) is 0 Å². The molecule has 0 amide bonds. The molecule has 3 nitrogen and oxygen atoms in total. The molecule has 0 aliphatic carbocycles. The van der Waals surface area contributed by atoms with Gasteiger partial charge in [-0.1, -0.05) is 26.0 Å². The van der Waals surface area contributed by atoms with Crippen LogP contribution < -0.4 is 5.73 Å². The number of hydrogen-bond donors (Lipinski definition) is 1. The van der Waals surface area contributed by atoms with Gasteiger partial charge in [-0.15, -0.1) is 0 Å². The van der Waals surface area contributed by atoms with E-state index in [0.717, 1.165) is 31.8 Å². The molecule has 0 fully saturated rings. The van der Waals surface area contributed by atoms with Gasteiger partial charge in [0, 0.05) is 31.9 Å². The molecule has 0 aromatic heterocycles. The average molecular weight is 264 g/mol. The molecule has 3 heteroatoms. The van der Waals surface area contributed by atoms with Crippen LogP contribution in [0.2, 0.25) is 0 Å². The van der Waals surface area contributed by atoms with Gasteiger partial charge in [0.15, 0.2) is 0 Å². The van der Waals surface area contributed by atoms with Crippen molar-refractivity contribution in [2.75, 3.05) is 32.5 Å². The molecule has 1 aromatic rings. The summed E-state index contributed by atoms with van der Waals surface area (Å²) in [6, 6.07) is 8.86. The van der Waals surface area contributed by atoms with E-state index in [0.29, 0.717) is 6.04 Å². The van der Waals surface area contributed by atoms with E-state index in [1.807, 2.05) is 12.1 Å². The van der Waals surface area contributed by atoms with Gasteiger partial charge in [0.1, 0.15) is 0 Å². The summed E-state index contributed by atoms with van der Waals surface area (Å²) in [7, 11) is 1.77. The van der Waals surface area contributed by atoms with Crippen molar-refractivity contribution in [3.63, 3.8) is 0 Å². The Bertz CT molecular complexity index is 333. The standard InChI is InChI=1S/C16H28N2O/c1-4-16(5-2)18(12-13-19-3)11-10-14-6-8-15(17)9-7-14/h6-9,16H,4-5,10-13,17H2,1-3H3. The first-order valence-corrected chi connectivity index (χ1v) is 7.28. The fourth-order valence-electron chi connectivity index (χ4n) is 2.45. The third-order valence-corrected chi connectivity index (χ3v) is 3.71. The van der Waals surface area contributed by atoms with Gasteiger partial charge in [0.25, 0.3) is 0 Å². The van der Waals surface area contributed by atoms with Gasteiger partial charge in [-0.05, 0) is 37.0 Å². The Morgan fingerprint density at radius 2 is 1.74 bits per heavy atom. The maximum absolute atomic E-state index is 5.71. The smallest absolute Gasteiger partial charge is 0.0589 e. The summed E-state index contributed by atoms with van der Waals surface area (Å²) in [5.41, 5.74) is 7.90. The number of benzene rings is 1. The molecule has 0 saturated carbocycles. The number of hydrogen-bond acceptors (Lipinski definition) is 3. The van der Waals surface area contributed by atoms with Crippen molar-refractivity contribution in [2.24, 2.45) is 0 Å². The van der Waals surface area contributed by atoms with Crippen molar-refractivity contribution in [2.45, 2.75) is 39.2 Å². The fourth-order valence-corrected chi connectivity index (χ4v) is 2.45. The van der Waals surface area contributed by atoms with Crippen LogP contribution in [0, 0.1) is 0 Å². The minimum Gasteiger partial charge on any atom is -0.399 e. The monoisotopic (exact) mass is 264 g/mol. The maximum Gasteiger partial charge on any atom is 0.0589 e. The van der Waals surface area contributed by atoms with Crippen LogP contribution in [0.5, 0.6) is 0 Å². The Morgan fingerprint density at radius 1 is 1.11 bits per heavy atom. The third-order valence-electron chi connectivity index (χ3n) is 3.71. The molecule has 19 heavy (non-hydrogen) atoms. The summed E-state index contributed by atoms with van der Waals surface area (Å²) < 4.78 is 5.22. The normalized spacial score (nSPS) is 11.4. The maximum atomic E-state index is 5.71. The zero-order chi connectivity index (χ0) is 14.1. The minimum atomic E-state index is 0.656. The van der Waals surface area contributed by atoms with Gasteiger partial charge in [-0.25, -0.2) is 0 Å². The molecular formula is C16H28N2O. The summed E-state index contributed by atoms with van der Waals surface area (Å²) in [5.74, 6) is 0. The fraction of sp³-hybridized carbons (Fsp3) is 0.625. The van der Waals surface area contributed by atoms with E-state index in [1.165, 1.54) is 18.4 Å². The lowest BCUT2D eigenvalue weighted by Gasteiger charge is -2.30. The van der Waals surface area contributed by atoms with Crippen LogP contribution in [0.3, 0.4) is 0 Å². The average Bonchev–Trinajstić information content (AvgIpc) is 2.44. The van der Waals surface area contributed by atoms with Crippen molar-refractivity contribution >= 4 is 5.69 Å². The zero-order valence-corrected chi connectivity index (χ0v) is 12.6. The quantitative estimate of drug-likeness (QED) is 0.697. The summed E-state index contributed by atoms with van der Waals surface area (Å²) in [6.07, 6.45) is 3.46. The SMILES string of the molecule is CCC(CC)N(CCOC)CCc1ccc(N)cc1. The van der Waals surface area contributed by atoms with Crippen LogP contribution in [-0.4, -0.2) is 37.7 Å². The molecule has 0 bridgehead atoms. The van der Waals surface area contributed by atoms with E-state index >= 15 is 0 Å². The lowest BCUT2D eigenvalue weighted by molar-refractivity contribution is 0.116. The van der Waals surface area contributed by atoms with Crippen LogP contribution in [0.25, 0.3) is 0 Å². The second-order valence-corrected chi connectivity index (χ2v) is 4.99. The molecule has 0 heterocycles. The number of methoxy groups -OCH3 is 1. The van der Waals surface area contributed by atoms with E-state index < -0.39 is 0 Å². The molecule has 0 radical (unpaired) electrons. The Balaban J connectivity index is 2.53. The molecule has 2 N–H and O–H groups in total. The molecule has 0 spiro atoms. The van der Waals surface area contributed by atoms with E-state index in [2.05, 4.69) is 30.9 Å². The molecule has 0 saturated heterocycles. The number of nitrogen functional groups attached to an aromatic ring is 1. The lowest BCUT2D eigenvalue weighted by Crippen LogP contribution is -2.38. The Morgan fingerprint density at radius 3 is 2.26 bits per heavy atom. The van der Waals surface area contributed by atoms with Gasteiger partial charge >= 0.3 is 0 Å². The van der Waals surface area contributed by atoms with E-state index in [-0.39, 0.29) is 0 Å². The highest BCUT2D eigenvalue weighted by molar-refractivity contribution is 5.39. The van der Waals surface area contributed by atoms with Crippen LogP contribution in [0.4, 0.5) is 5.69 Å². The third kappa shape index (κ3) is 5.62. The van der Waals surface area contributed by atoms with E-state index in [4.69, 9.17) is 10.5 Å². The molecule has 0 aliphatic heterocycles. The Kier molecular flexibility index (Phi) is 7.53. The zero-order valence-electron chi connectivity index (χ0n) is 12.6. The van der Waals surface area contributed by atoms with Gasteiger partial charge in [-0.2, -0.15) is 0 Å². The highest BCUT2D eigenvalue weighted by Crippen LogP contribution is 2.11. The number of nitrogens with two attached hydrogens (primary N) is 1. The topological polar surface area (TPSA) is 38.5 Å². The minimum absolute atomic E-state index is 0.656. The number of ether oxygens (including phenoxy) is 1. The predicted octanol–water partition coefficient (Wildman–Crippen LogP) is 2.95. The van der Waals surface area contributed by atoms with Crippen molar-refractivity contribution in [1.82, 2.24) is 4.90 Å². The summed E-state index contributed by atoms with van der Waals surface area (Å²) >= 11 is 0. The molecule has 1 rings (SSSR count). The van der Waals surface area contributed by atoms with Crippen molar-refractivity contribution in [1.29, 1.82) is 0 Å². The highest BCUT2D eigenvalue weighted by Gasteiger charge is 2.14. The van der Waals surface area contributed by atoms with Crippen molar-refractivity contribution in [3.8, 4) is 0 Å². The molecule has 0 atom stereocenters. The molecular weight excluding hydrogens is 236 g/mol. The van der Waals surface area contributed by atoms with Crippen molar-refractivity contribution in [3.05, 3.63) is 29.8 Å². The van der Waals surface area contributed by atoms with Crippen LogP contribution in [0.15, 0.2) is 24.3 Å². The van der Waals surface area contributed by atoms with Crippen LogP contribution in [0.1, 0.15) is 32.3 Å². The Hall–Kier alpha value is -1.06. The predicted molar refractivity (Wildman–Crippen MR) is 82.4 cm³/mol. The molecule has 0 aliphatic rings. The summed E-state index contributed by atoms with van der Waals surface area (Å²) in [6.45, 7) is 7.42. The second kappa shape index (κ2) is 8.94. The molecule has 1 aromatic carbocycles. The largest absolute Gasteiger partial charge is 0.399 e. The number of nitrogens with zero attached hydrogens (tertiary/aromatic N) is 1. The first-order valence-electron chi connectivity index (χ1n) is 7.28. The molecule has 0 unspecified atom stereocenters. The number of anilines is 1. The van der Waals surface area contributed by atoms with Gasteiger partial charge < -0.3 is 10.5 Å². The first-order chi connectivity index (χ1) is 9.21. The van der Waals surface area contributed by atoms with Gasteiger partial charge in [0.2, 0.25) is 0 Å². The van der Waals surface area contributed by atoms with Crippen molar-refractivity contribution < 1.29 is 4.74 Å². The van der Waals surface area contributed by atoms with Gasteiger partial charge in [0.05, 0.1) is 6.61 Å². The van der Waals surface area contributed by atoms with Crippen LogP contribution >= 0.6 is 0 Å². The molecule has 108 valence electrons. The lowest BCUT2D eigenvalue weighted by atomic mass is 10.1. The summed E-state index contributed by atoms with van der Waals surface area (Å²) in [4.78, 5) is 2.54. The Labute approximate surface area is 117 Å². The first kappa shape index (κ1) is 16.0. The van der Waals surface area contributed by atoms with E-state index in [1.54, 1.807) is 7.11 Å². The van der Waals surface area contributed by atoms with Gasteiger partial charge in [-0.3, -0.25) is 4.90 Å². The highest BCUT2D eigenvalue weighted by atomic mass is 16.5. The summed E-state index contributed by atoms with van der Waals surface area (Å²) in [5, 5.41) is 0. The van der Waals surface area contributed by atoms with Crippen LogP contribution in [-0.2, 0) is 11.2 Å². The number of rotatable bonds is 9.